The van der Waals surface area contributed by atoms with Gasteiger partial charge in [-0.1, -0.05) is 24.3 Å². The van der Waals surface area contributed by atoms with Crippen LogP contribution >= 0.6 is 22.6 Å². The molecule has 1 aliphatic carbocycles. The van der Waals surface area contributed by atoms with Crippen LogP contribution < -0.4 is 0 Å². The van der Waals surface area contributed by atoms with E-state index in [9.17, 15) is 0 Å². The topological polar surface area (TPSA) is 0 Å². The fourth-order valence-electron chi connectivity index (χ4n) is 1.40. The number of hydrogen-bond donors (Lipinski definition) is 0. The van der Waals surface area contributed by atoms with Gasteiger partial charge in [0, 0.05) is 0 Å². The fourth-order valence-corrected chi connectivity index (χ4v) is 2.00. The van der Waals surface area contributed by atoms with E-state index in [1.54, 1.807) is 0 Å². The van der Waals surface area contributed by atoms with Crippen LogP contribution in [0.4, 0.5) is 0 Å². The van der Waals surface area contributed by atoms with Crippen molar-refractivity contribution in [1.29, 1.82) is 0 Å². The van der Waals surface area contributed by atoms with Crippen LogP contribution in [-0.4, -0.2) is 0 Å². The van der Waals surface area contributed by atoms with Crippen molar-refractivity contribution in [2.24, 2.45) is 0 Å². The number of hydrogen-bond acceptors (Lipinski definition) is 0. The standard InChI is InChI=1S/C10H9I/c11-10-6-5-8-3-1-2-4-9(8)7-10/h1-4,7H,5-6H2. The van der Waals surface area contributed by atoms with Gasteiger partial charge in [0.2, 0.25) is 0 Å². The van der Waals surface area contributed by atoms with Gasteiger partial charge < -0.3 is 0 Å². The largest absolute Gasteiger partial charge is 0.0620 e. The van der Waals surface area contributed by atoms with Gasteiger partial charge in [-0.3, -0.25) is 0 Å². The summed E-state index contributed by atoms with van der Waals surface area (Å²) in [7, 11) is 0. The molecule has 1 aliphatic rings. The number of rotatable bonds is 0. The maximum Gasteiger partial charge on any atom is -0.00847 e. The molecule has 1 aromatic rings. The predicted molar refractivity (Wildman–Crippen MR) is 56.8 cm³/mol. The van der Waals surface area contributed by atoms with E-state index < -0.39 is 0 Å². The number of aryl methyl sites for hydroxylation is 1. The van der Waals surface area contributed by atoms with Crippen LogP contribution in [0.15, 0.2) is 27.8 Å². The summed E-state index contributed by atoms with van der Waals surface area (Å²) >= 11 is 2.41. The van der Waals surface area contributed by atoms with E-state index in [0.29, 0.717) is 0 Å². The van der Waals surface area contributed by atoms with E-state index >= 15 is 0 Å². The van der Waals surface area contributed by atoms with Crippen LogP contribution in [0.5, 0.6) is 0 Å². The molecule has 1 heteroatoms. The van der Waals surface area contributed by atoms with Crippen molar-refractivity contribution >= 4 is 28.7 Å². The molecule has 1 aromatic carbocycles. The van der Waals surface area contributed by atoms with Gasteiger partial charge in [0.15, 0.2) is 0 Å². The summed E-state index contributed by atoms with van der Waals surface area (Å²) in [6.45, 7) is 0. The molecule has 0 heterocycles. The third kappa shape index (κ3) is 1.48. The molecule has 0 nitrogen and oxygen atoms in total. The average molecular weight is 256 g/mol. The molecule has 0 radical (unpaired) electrons. The van der Waals surface area contributed by atoms with Crippen LogP contribution in [0.1, 0.15) is 17.5 Å². The smallest absolute Gasteiger partial charge is 0.00847 e. The molecule has 0 aliphatic heterocycles. The van der Waals surface area contributed by atoms with Crippen molar-refractivity contribution < 1.29 is 0 Å². The summed E-state index contributed by atoms with van der Waals surface area (Å²) < 4.78 is 1.47. The minimum atomic E-state index is 1.21. The van der Waals surface area contributed by atoms with Gasteiger partial charge in [-0.05, 0) is 56.2 Å². The Balaban J connectivity index is 2.51. The number of fused-ring (bicyclic) bond motifs is 1. The number of benzene rings is 1. The zero-order valence-corrected chi connectivity index (χ0v) is 8.34. The Morgan fingerprint density at radius 2 is 1.91 bits per heavy atom. The third-order valence-corrected chi connectivity index (χ3v) is 2.85. The molecule has 0 amide bonds. The SMILES string of the molecule is IC1=Cc2ccccc2CC1. The van der Waals surface area contributed by atoms with Gasteiger partial charge >= 0.3 is 0 Å². The molecule has 0 unspecified atom stereocenters. The molecule has 2 rings (SSSR count). The predicted octanol–water partition coefficient (Wildman–Crippen LogP) is 3.41. The normalized spacial score (nSPS) is 15.5. The first kappa shape index (κ1) is 7.35. The van der Waals surface area contributed by atoms with Crippen LogP contribution in [0.25, 0.3) is 6.08 Å². The Morgan fingerprint density at radius 3 is 2.82 bits per heavy atom. The second-order valence-electron chi connectivity index (χ2n) is 2.79. The Labute approximate surface area is 80.5 Å². The average Bonchev–Trinajstić information content (AvgIpc) is 2.04. The summed E-state index contributed by atoms with van der Waals surface area (Å²) in [5.41, 5.74) is 2.90. The minimum absolute atomic E-state index is 1.21. The lowest BCUT2D eigenvalue weighted by Crippen LogP contribution is -1.94. The van der Waals surface area contributed by atoms with Crippen molar-refractivity contribution in [1.82, 2.24) is 0 Å². The molecule has 0 fully saturated rings. The quantitative estimate of drug-likeness (QED) is 0.624. The highest BCUT2D eigenvalue weighted by Crippen LogP contribution is 2.26. The lowest BCUT2D eigenvalue weighted by Gasteiger charge is -2.11. The van der Waals surface area contributed by atoms with Gasteiger partial charge in [0.05, 0.1) is 0 Å². The van der Waals surface area contributed by atoms with Crippen LogP contribution in [0, 0.1) is 0 Å². The molecule has 0 bridgehead atoms. The lowest BCUT2D eigenvalue weighted by molar-refractivity contribution is 0.980. The summed E-state index contributed by atoms with van der Waals surface area (Å²) in [5, 5.41) is 0. The summed E-state index contributed by atoms with van der Waals surface area (Å²) in [5.74, 6) is 0. The van der Waals surface area contributed by atoms with E-state index in [4.69, 9.17) is 0 Å². The molecule has 0 atom stereocenters. The van der Waals surface area contributed by atoms with Gasteiger partial charge in [-0.15, -0.1) is 0 Å². The fraction of sp³-hybridized carbons (Fsp3) is 0.200. The first-order chi connectivity index (χ1) is 5.36. The highest BCUT2D eigenvalue weighted by Gasteiger charge is 2.06. The van der Waals surface area contributed by atoms with Crippen molar-refractivity contribution in [3.63, 3.8) is 0 Å². The van der Waals surface area contributed by atoms with Crippen molar-refractivity contribution in [2.45, 2.75) is 12.8 Å². The Bertz CT molecular complexity index is 299. The van der Waals surface area contributed by atoms with Crippen LogP contribution in [0.3, 0.4) is 0 Å². The minimum Gasteiger partial charge on any atom is -0.0620 e. The first-order valence-corrected chi connectivity index (χ1v) is 4.88. The second kappa shape index (κ2) is 2.97. The van der Waals surface area contributed by atoms with Crippen LogP contribution in [-0.2, 0) is 6.42 Å². The molecule has 0 N–H and O–H groups in total. The Hall–Kier alpha value is -0.310. The summed E-state index contributed by atoms with van der Waals surface area (Å²) in [6.07, 6.45) is 4.71. The second-order valence-corrected chi connectivity index (χ2v) is 4.18. The molecular formula is C10H9I. The van der Waals surface area contributed by atoms with E-state index in [1.807, 2.05) is 0 Å². The first-order valence-electron chi connectivity index (χ1n) is 3.80. The van der Waals surface area contributed by atoms with E-state index in [1.165, 1.54) is 27.5 Å². The Kier molecular flexibility index (Phi) is 1.98. The molecule has 0 saturated carbocycles. The van der Waals surface area contributed by atoms with Crippen molar-refractivity contribution in [3.8, 4) is 0 Å². The van der Waals surface area contributed by atoms with Crippen molar-refractivity contribution in [3.05, 3.63) is 39.0 Å². The van der Waals surface area contributed by atoms with Crippen molar-refractivity contribution in [2.75, 3.05) is 0 Å². The highest BCUT2D eigenvalue weighted by molar-refractivity contribution is 14.1. The molecule has 56 valence electrons. The number of halogens is 1. The molecule has 0 saturated heterocycles. The van der Waals surface area contributed by atoms with Crippen LogP contribution in [0.2, 0.25) is 0 Å². The zero-order valence-electron chi connectivity index (χ0n) is 6.18. The van der Waals surface area contributed by atoms with Gasteiger partial charge in [0.1, 0.15) is 0 Å². The molecule has 0 aromatic heterocycles. The number of allylic oxidation sites excluding steroid dienone is 1. The van der Waals surface area contributed by atoms with Gasteiger partial charge in [-0.2, -0.15) is 0 Å². The molecule has 0 spiro atoms. The Morgan fingerprint density at radius 1 is 1.09 bits per heavy atom. The zero-order chi connectivity index (χ0) is 7.68. The maximum atomic E-state index is 2.41. The molecule has 11 heavy (non-hydrogen) atoms. The maximum absolute atomic E-state index is 2.41. The van der Waals surface area contributed by atoms with Gasteiger partial charge in [0.25, 0.3) is 0 Å². The van der Waals surface area contributed by atoms with E-state index in [0.717, 1.165) is 0 Å². The van der Waals surface area contributed by atoms with Gasteiger partial charge in [-0.25, -0.2) is 0 Å². The summed E-state index contributed by atoms with van der Waals surface area (Å²) in [4.78, 5) is 0. The van der Waals surface area contributed by atoms with E-state index in [2.05, 4.69) is 52.9 Å². The third-order valence-electron chi connectivity index (χ3n) is 2.00. The highest BCUT2D eigenvalue weighted by atomic mass is 127. The molecular weight excluding hydrogens is 247 g/mol. The lowest BCUT2D eigenvalue weighted by atomic mass is 9.98. The van der Waals surface area contributed by atoms with E-state index in [-0.39, 0.29) is 0 Å². The summed E-state index contributed by atoms with van der Waals surface area (Å²) in [6, 6.07) is 8.62. The monoisotopic (exact) mass is 256 g/mol.